The Morgan fingerprint density at radius 1 is 0.974 bits per heavy atom. The number of carbonyl (C=O) groups excluding carboxylic acids is 1. The van der Waals surface area contributed by atoms with Crippen LogP contribution in [0, 0.1) is 0 Å². The smallest absolute Gasteiger partial charge is 0.260 e. The third kappa shape index (κ3) is 6.63. The molecule has 0 unspecified atom stereocenters. The number of anilines is 1. The van der Waals surface area contributed by atoms with Crippen LogP contribution in [-0.4, -0.2) is 48.8 Å². The fourth-order valence-corrected chi connectivity index (χ4v) is 6.69. The summed E-state index contributed by atoms with van der Waals surface area (Å²) in [4.78, 5) is 24.5. The number of sulfonamides is 1. The summed E-state index contributed by atoms with van der Waals surface area (Å²) in [6.07, 6.45) is 6.82. The summed E-state index contributed by atoms with van der Waals surface area (Å²) in [6.45, 7) is 5.32. The number of unbranched alkanes of at least 4 members (excludes halogenated alkanes) is 2. The lowest BCUT2D eigenvalue weighted by Crippen LogP contribution is -2.33. The van der Waals surface area contributed by atoms with Crippen LogP contribution in [0.1, 0.15) is 55.5 Å². The van der Waals surface area contributed by atoms with Gasteiger partial charge in [-0.15, -0.1) is 0 Å². The minimum atomic E-state index is -3.66. The number of pyridine rings is 1. The molecule has 0 bridgehead atoms. The Morgan fingerprint density at radius 3 is 2.31 bits per heavy atom. The zero-order chi connectivity index (χ0) is 27.8. The fourth-order valence-electron chi connectivity index (χ4n) is 4.19. The van der Waals surface area contributed by atoms with Crippen molar-refractivity contribution in [1.82, 2.24) is 14.3 Å². The van der Waals surface area contributed by atoms with Gasteiger partial charge in [0.2, 0.25) is 10.0 Å². The fraction of sp³-hybridized carbons (Fsp3) is 0.345. The van der Waals surface area contributed by atoms with E-state index in [1.165, 1.54) is 23.5 Å². The highest BCUT2D eigenvalue weighted by molar-refractivity contribution is 7.89. The molecule has 10 heteroatoms. The van der Waals surface area contributed by atoms with Gasteiger partial charge >= 0.3 is 0 Å². The Balaban J connectivity index is 1.66. The molecule has 4 rings (SSSR count). The van der Waals surface area contributed by atoms with E-state index in [4.69, 9.17) is 9.72 Å². The monoisotopic (exact) mass is 566 g/mol. The summed E-state index contributed by atoms with van der Waals surface area (Å²) in [5, 5.41) is 0.519. The minimum Gasteiger partial charge on any atom is -0.494 e. The summed E-state index contributed by atoms with van der Waals surface area (Å²) in [7, 11) is -2.07. The van der Waals surface area contributed by atoms with Crippen LogP contribution in [0.2, 0.25) is 0 Å². The predicted molar refractivity (Wildman–Crippen MR) is 156 cm³/mol. The summed E-state index contributed by atoms with van der Waals surface area (Å²) in [5.74, 6) is 0.351. The first kappa shape index (κ1) is 28.7. The SMILES string of the molecule is CCCCN(CCCC)S(=O)(=O)c1ccc(C(=O)N(Cc2cccnc2)c2nc3c(OC)cccc3s2)cc1. The Hall–Kier alpha value is -3.34. The van der Waals surface area contributed by atoms with Crippen LogP contribution in [0.3, 0.4) is 0 Å². The number of hydrogen-bond acceptors (Lipinski definition) is 7. The van der Waals surface area contributed by atoms with E-state index in [1.807, 2.05) is 44.2 Å². The minimum absolute atomic E-state index is 0.190. The maximum atomic E-state index is 13.8. The number of benzene rings is 2. The van der Waals surface area contributed by atoms with Gasteiger partial charge in [0.15, 0.2) is 5.13 Å². The number of thiazole rings is 1. The Morgan fingerprint density at radius 2 is 1.69 bits per heavy atom. The molecule has 206 valence electrons. The van der Waals surface area contributed by atoms with Crippen LogP contribution in [0.25, 0.3) is 10.2 Å². The first-order chi connectivity index (χ1) is 18.9. The molecule has 0 N–H and O–H groups in total. The molecule has 8 nitrogen and oxygen atoms in total. The van der Waals surface area contributed by atoms with Crippen LogP contribution >= 0.6 is 11.3 Å². The average Bonchev–Trinajstić information content (AvgIpc) is 3.40. The normalized spacial score (nSPS) is 11.7. The second-order valence-electron chi connectivity index (χ2n) is 9.19. The van der Waals surface area contributed by atoms with E-state index in [-0.39, 0.29) is 17.3 Å². The molecule has 0 aliphatic carbocycles. The Bertz CT molecular complexity index is 1480. The number of aromatic nitrogens is 2. The molecule has 4 aromatic rings. The maximum Gasteiger partial charge on any atom is 0.260 e. The summed E-state index contributed by atoms with van der Waals surface area (Å²) < 4.78 is 34.7. The lowest BCUT2D eigenvalue weighted by Gasteiger charge is -2.22. The molecular formula is C29H34N4O4S2. The molecular weight excluding hydrogens is 532 g/mol. The standard InChI is InChI=1S/C29H34N4O4S2/c1-4-6-18-32(19-7-5-2)39(35,36)24-15-13-23(14-16-24)28(34)33(21-22-10-9-17-30-20-22)29-31-27-25(37-3)11-8-12-26(27)38-29/h8-17,20H,4-7,18-19,21H2,1-3H3. The highest BCUT2D eigenvalue weighted by Crippen LogP contribution is 2.35. The maximum absolute atomic E-state index is 13.8. The topological polar surface area (TPSA) is 92.7 Å². The molecule has 0 aliphatic heterocycles. The molecule has 0 saturated carbocycles. The molecule has 2 aromatic heterocycles. The van der Waals surface area contributed by atoms with Gasteiger partial charge in [0.1, 0.15) is 11.3 Å². The largest absolute Gasteiger partial charge is 0.494 e. The van der Waals surface area contributed by atoms with Crippen molar-refractivity contribution in [3.8, 4) is 5.75 Å². The van der Waals surface area contributed by atoms with E-state index in [1.54, 1.807) is 40.8 Å². The Labute approximate surface area is 234 Å². The van der Waals surface area contributed by atoms with Gasteiger partial charge < -0.3 is 4.74 Å². The summed E-state index contributed by atoms with van der Waals surface area (Å²) >= 11 is 1.39. The van der Waals surface area contributed by atoms with Gasteiger partial charge in [0.25, 0.3) is 5.91 Å². The highest BCUT2D eigenvalue weighted by atomic mass is 32.2. The first-order valence-corrected chi connectivity index (χ1v) is 15.4. The van der Waals surface area contributed by atoms with Crippen LogP contribution in [0.5, 0.6) is 5.75 Å². The van der Waals surface area contributed by atoms with Crippen LogP contribution < -0.4 is 9.64 Å². The number of carbonyl (C=O) groups is 1. The van der Waals surface area contributed by atoms with Crippen molar-refractivity contribution in [3.05, 3.63) is 78.1 Å². The van der Waals surface area contributed by atoms with Crippen molar-refractivity contribution in [2.45, 2.75) is 51.0 Å². The van der Waals surface area contributed by atoms with Crippen molar-refractivity contribution in [1.29, 1.82) is 0 Å². The summed E-state index contributed by atoms with van der Waals surface area (Å²) in [5.41, 5.74) is 1.90. The molecule has 1 amide bonds. The van der Waals surface area contributed by atoms with Crippen LogP contribution in [0.4, 0.5) is 5.13 Å². The van der Waals surface area contributed by atoms with Crippen molar-refractivity contribution in [2.75, 3.05) is 25.1 Å². The van der Waals surface area contributed by atoms with E-state index in [0.717, 1.165) is 35.9 Å². The van der Waals surface area contributed by atoms with Crippen LogP contribution in [0.15, 0.2) is 71.9 Å². The zero-order valence-electron chi connectivity index (χ0n) is 22.5. The molecule has 39 heavy (non-hydrogen) atoms. The van der Waals surface area contributed by atoms with Gasteiger partial charge in [-0.2, -0.15) is 4.31 Å². The van der Waals surface area contributed by atoms with E-state index in [0.29, 0.717) is 35.1 Å². The number of nitrogens with zero attached hydrogens (tertiary/aromatic N) is 4. The highest BCUT2D eigenvalue weighted by Gasteiger charge is 2.26. The molecule has 0 fully saturated rings. The third-order valence-corrected chi connectivity index (χ3v) is 9.35. The molecule has 0 saturated heterocycles. The van der Waals surface area contributed by atoms with Crippen molar-refractivity contribution in [3.63, 3.8) is 0 Å². The third-order valence-electron chi connectivity index (χ3n) is 6.39. The second kappa shape index (κ2) is 13.1. The number of hydrogen-bond donors (Lipinski definition) is 0. The van der Waals surface area contributed by atoms with E-state index in [2.05, 4.69) is 4.98 Å². The van der Waals surface area contributed by atoms with E-state index in [9.17, 15) is 13.2 Å². The van der Waals surface area contributed by atoms with Crippen LogP contribution in [-0.2, 0) is 16.6 Å². The van der Waals surface area contributed by atoms with Crippen molar-refractivity contribution < 1.29 is 17.9 Å². The van der Waals surface area contributed by atoms with Gasteiger partial charge in [-0.1, -0.05) is 50.2 Å². The van der Waals surface area contributed by atoms with E-state index < -0.39 is 10.0 Å². The van der Waals surface area contributed by atoms with Gasteiger partial charge in [-0.25, -0.2) is 13.4 Å². The van der Waals surface area contributed by atoms with Gasteiger partial charge in [0, 0.05) is 31.0 Å². The predicted octanol–water partition coefficient (Wildman–Crippen LogP) is 6.14. The van der Waals surface area contributed by atoms with Crippen molar-refractivity contribution in [2.24, 2.45) is 0 Å². The molecule has 2 heterocycles. The first-order valence-electron chi connectivity index (χ1n) is 13.1. The number of fused-ring (bicyclic) bond motifs is 1. The molecule has 0 radical (unpaired) electrons. The number of ether oxygens (including phenoxy) is 1. The number of rotatable bonds is 13. The molecule has 0 aliphatic rings. The van der Waals surface area contributed by atoms with Crippen molar-refractivity contribution >= 4 is 42.6 Å². The molecule has 2 aromatic carbocycles. The van der Waals surface area contributed by atoms with Gasteiger partial charge in [-0.3, -0.25) is 14.7 Å². The number of para-hydroxylation sites is 1. The summed E-state index contributed by atoms with van der Waals surface area (Å²) in [6, 6.07) is 15.6. The molecule has 0 spiro atoms. The van der Waals surface area contributed by atoms with Gasteiger partial charge in [0.05, 0.1) is 23.2 Å². The van der Waals surface area contributed by atoms with Gasteiger partial charge in [-0.05, 0) is 60.9 Å². The molecule has 0 atom stereocenters. The average molecular weight is 567 g/mol. The number of amides is 1. The Kier molecular flexibility index (Phi) is 9.66. The number of methoxy groups -OCH3 is 1. The lowest BCUT2D eigenvalue weighted by atomic mass is 10.2. The second-order valence-corrected chi connectivity index (χ2v) is 12.1. The zero-order valence-corrected chi connectivity index (χ0v) is 24.2. The quantitative estimate of drug-likeness (QED) is 0.193. The van der Waals surface area contributed by atoms with E-state index >= 15 is 0 Å². The lowest BCUT2D eigenvalue weighted by molar-refractivity contribution is 0.0985.